The lowest BCUT2D eigenvalue weighted by Gasteiger charge is -2.05. The molecule has 0 bridgehead atoms. The monoisotopic (exact) mass is 338 g/mol. The third-order valence-electron chi connectivity index (χ3n) is 3.32. The maximum absolute atomic E-state index is 11.9. The van der Waals surface area contributed by atoms with E-state index in [0.717, 1.165) is 11.1 Å². The number of aliphatic carboxylic acids is 1. The van der Waals surface area contributed by atoms with Crippen LogP contribution in [0.2, 0.25) is 0 Å². The van der Waals surface area contributed by atoms with Crippen molar-refractivity contribution in [2.75, 3.05) is 11.9 Å². The van der Waals surface area contributed by atoms with Gasteiger partial charge in [-0.2, -0.15) is 0 Å². The zero-order chi connectivity index (χ0) is 18.2. The van der Waals surface area contributed by atoms with Crippen LogP contribution in [0.4, 0.5) is 5.69 Å². The van der Waals surface area contributed by atoms with Crippen LogP contribution in [0.1, 0.15) is 21.5 Å². The van der Waals surface area contributed by atoms with Crippen molar-refractivity contribution in [2.24, 2.45) is 0 Å². The second-order valence-corrected chi connectivity index (χ2v) is 5.39. The van der Waals surface area contributed by atoms with E-state index in [-0.39, 0.29) is 5.91 Å². The quantitative estimate of drug-likeness (QED) is 0.705. The van der Waals surface area contributed by atoms with Crippen LogP contribution in [0, 0.1) is 6.92 Å². The molecule has 25 heavy (non-hydrogen) atoms. The Labute approximate surface area is 145 Å². The molecule has 2 amide bonds. The van der Waals surface area contributed by atoms with E-state index in [0.29, 0.717) is 11.3 Å². The summed E-state index contributed by atoms with van der Waals surface area (Å²) in [6.45, 7) is 1.55. The molecule has 0 aromatic heterocycles. The first kappa shape index (κ1) is 17.9. The van der Waals surface area contributed by atoms with E-state index in [4.69, 9.17) is 5.11 Å². The highest BCUT2D eigenvalue weighted by Crippen LogP contribution is 2.10. The Morgan fingerprint density at radius 2 is 1.64 bits per heavy atom. The summed E-state index contributed by atoms with van der Waals surface area (Å²) in [5.41, 5.74) is 2.92. The SMILES string of the molecule is Cc1ccc(/C=C/C(=O)Nc2ccc(C(=O)NCC(=O)O)cc2)cc1. The van der Waals surface area contributed by atoms with Gasteiger partial charge in [0.05, 0.1) is 0 Å². The van der Waals surface area contributed by atoms with E-state index in [1.54, 1.807) is 18.2 Å². The molecule has 0 aliphatic heterocycles. The summed E-state index contributed by atoms with van der Waals surface area (Å²) in [5, 5.41) is 13.5. The summed E-state index contributed by atoms with van der Waals surface area (Å²) in [6.07, 6.45) is 3.14. The first-order chi connectivity index (χ1) is 11.9. The van der Waals surface area contributed by atoms with Gasteiger partial charge in [0.1, 0.15) is 6.54 Å². The molecule has 0 aliphatic carbocycles. The molecular weight excluding hydrogens is 320 g/mol. The molecule has 128 valence electrons. The molecule has 2 rings (SSSR count). The van der Waals surface area contributed by atoms with Crippen LogP contribution in [0.15, 0.2) is 54.6 Å². The molecule has 0 radical (unpaired) electrons. The van der Waals surface area contributed by atoms with Crippen molar-refractivity contribution in [1.82, 2.24) is 5.32 Å². The number of hydrogen-bond acceptors (Lipinski definition) is 3. The zero-order valence-electron chi connectivity index (χ0n) is 13.7. The number of aryl methyl sites for hydroxylation is 1. The molecule has 3 N–H and O–H groups in total. The summed E-state index contributed by atoms with van der Waals surface area (Å²) in [5.74, 6) is -1.89. The third kappa shape index (κ3) is 5.95. The van der Waals surface area contributed by atoms with Crippen LogP contribution in [-0.2, 0) is 9.59 Å². The average Bonchev–Trinajstić information content (AvgIpc) is 2.60. The van der Waals surface area contributed by atoms with Crippen molar-refractivity contribution in [3.05, 3.63) is 71.3 Å². The number of benzene rings is 2. The van der Waals surface area contributed by atoms with Crippen LogP contribution in [0.25, 0.3) is 6.08 Å². The van der Waals surface area contributed by atoms with E-state index in [9.17, 15) is 14.4 Å². The number of amides is 2. The Bertz CT molecular complexity index is 793. The van der Waals surface area contributed by atoms with Crippen molar-refractivity contribution in [2.45, 2.75) is 6.92 Å². The largest absolute Gasteiger partial charge is 0.480 e. The highest BCUT2D eigenvalue weighted by Gasteiger charge is 2.07. The van der Waals surface area contributed by atoms with Crippen LogP contribution in [0.5, 0.6) is 0 Å². The first-order valence-corrected chi connectivity index (χ1v) is 7.60. The van der Waals surface area contributed by atoms with Crippen LogP contribution < -0.4 is 10.6 Å². The number of carbonyl (C=O) groups is 3. The van der Waals surface area contributed by atoms with Gasteiger partial charge >= 0.3 is 5.97 Å². The normalized spacial score (nSPS) is 10.4. The summed E-state index contributed by atoms with van der Waals surface area (Å²) in [4.78, 5) is 34.0. The number of hydrogen-bond donors (Lipinski definition) is 3. The highest BCUT2D eigenvalue weighted by molar-refractivity contribution is 6.02. The molecule has 0 unspecified atom stereocenters. The second kappa shape index (κ2) is 8.44. The Morgan fingerprint density at radius 3 is 2.24 bits per heavy atom. The number of carboxylic acids is 1. The van der Waals surface area contributed by atoms with Crippen LogP contribution >= 0.6 is 0 Å². The molecule has 0 aliphatic rings. The molecule has 6 nitrogen and oxygen atoms in total. The van der Waals surface area contributed by atoms with Gasteiger partial charge in [-0.25, -0.2) is 0 Å². The van der Waals surface area contributed by atoms with Crippen molar-refractivity contribution >= 4 is 29.5 Å². The minimum absolute atomic E-state index is 0.288. The van der Waals surface area contributed by atoms with Crippen molar-refractivity contribution in [1.29, 1.82) is 0 Å². The van der Waals surface area contributed by atoms with Crippen molar-refractivity contribution in [3.63, 3.8) is 0 Å². The fourth-order valence-corrected chi connectivity index (χ4v) is 2.00. The Balaban J connectivity index is 1.91. The zero-order valence-corrected chi connectivity index (χ0v) is 13.7. The van der Waals surface area contributed by atoms with Gasteiger partial charge in [-0.05, 0) is 42.8 Å². The predicted molar refractivity (Wildman–Crippen MR) is 95.3 cm³/mol. The molecule has 2 aromatic carbocycles. The molecule has 0 spiro atoms. The van der Waals surface area contributed by atoms with Gasteiger partial charge in [0.15, 0.2) is 0 Å². The molecule has 2 aromatic rings. The van der Waals surface area contributed by atoms with Gasteiger partial charge < -0.3 is 15.7 Å². The van der Waals surface area contributed by atoms with Gasteiger partial charge in [0, 0.05) is 17.3 Å². The highest BCUT2D eigenvalue weighted by atomic mass is 16.4. The minimum atomic E-state index is -1.11. The lowest BCUT2D eigenvalue weighted by Crippen LogP contribution is -2.29. The minimum Gasteiger partial charge on any atom is -0.480 e. The van der Waals surface area contributed by atoms with E-state index in [2.05, 4.69) is 10.6 Å². The van der Waals surface area contributed by atoms with E-state index in [1.165, 1.54) is 18.2 Å². The number of anilines is 1. The van der Waals surface area contributed by atoms with Gasteiger partial charge in [-0.1, -0.05) is 29.8 Å². The van der Waals surface area contributed by atoms with Crippen LogP contribution in [-0.4, -0.2) is 29.4 Å². The number of rotatable bonds is 6. The maximum Gasteiger partial charge on any atom is 0.322 e. The summed E-state index contributed by atoms with van der Waals surface area (Å²) in [7, 11) is 0. The molecule has 6 heteroatoms. The predicted octanol–water partition coefficient (Wildman–Crippen LogP) is 2.46. The van der Waals surface area contributed by atoms with Gasteiger partial charge in [0.2, 0.25) is 5.91 Å². The van der Waals surface area contributed by atoms with E-state index in [1.807, 2.05) is 31.2 Å². The Kier molecular flexibility index (Phi) is 6.06. The smallest absolute Gasteiger partial charge is 0.322 e. The van der Waals surface area contributed by atoms with Crippen molar-refractivity contribution in [3.8, 4) is 0 Å². The lowest BCUT2D eigenvalue weighted by molar-refractivity contribution is -0.135. The standard InChI is InChI=1S/C19H18N2O4/c1-13-2-4-14(5-3-13)6-11-17(22)21-16-9-7-15(8-10-16)19(25)20-12-18(23)24/h2-11H,12H2,1H3,(H,20,25)(H,21,22)(H,23,24)/b11-6+. The first-order valence-electron chi connectivity index (χ1n) is 7.60. The summed E-state index contributed by atoms with van der Waals surface area (Å²) >= 11 is 0. The summed E-state index contributed by atoms with van der Waals surface area (Å²) < 4.78 is 0. The molecule has 0 fully saturated rings. The molecule has 0 saturated carbocycles. The van der Waals surface area contributed by atoms with Gasteiger partial charge in [-0.15, -0.1) is 0 Å². The number of carbonyl (C=O) groups excluding carboxylic acids is 2. The molecule has 0 heterocycles. The number of carboxylic acid groups (broad SMARTS) is 1. The Hall–Kier alpha value is -3.41. The van der Waals surface area contributed by atoms with Gasteiger partial charge in [-0.3, -0.25) is 14.4 Å². The molecule has 0 saturated heterocycles. The van der Waals surface area contributed by atoms with Crippen LogP contribution in [0.3, 0.4) is 0 Å². The fourth-order valence-electron chi connectivity index (χ4n) is 2.00. The van der Waals surface area contributed by atoms with E-state index < -0.39 is 18.4 Å². The summed E-state index contributed by atoms with van der Waals surface area (Å²) in [6, 6.07) is 13.9. The molecular formula is C19H18N2O4. The average molecular weight is 338 g/mol. The Morgan fingerprint density at radius 1 is 1.00 bits per heavy atom. The molecule has 0 atom stereocenters. The third-order valence-corrected chi connectivity index (χ3v) is 3.32. The topological polar surface area (TPSA) is 95.5 Å². The second-order valence-electron chi connectivity index (χ2n) is 5.39. The van der Waals surface area contributed by atoms with E-state index >= 15 is 0 Å². The number of nitrogens with one attached hydrogen (secondary N) is 2. The van der Waals surface area contributed by atoms with Gasteiger partial charge in [0.25, 0.3) is 5.91 Å². The lowest BCUT2D eigenvalue weighted by atomic mass is 10.1. The van der Waals surface area contributed by atoms with Crippen molar-refractivity contribution < 1.29 is 19.5 Å². The maximum atomic E-state index is 11.9. The fraction of sp³-hybridized carbons (Fsp3) is 0.105.